The summed E-state index contributed by atoms with van der Waals surface area (Å²) in [5.74, 6) is -1.61. The molecule has 0 aliphatic carbocycles. The fourth-order valence-corrected chi connectivity index (χ4v) is 6.92. The van der Waals surface area contributed by atoms with Crippen molar-refractivity contribution < 1.29 is 26.8 Å². The summed E-state index contributed by atoms with van der Waals surface area (Å²) in [5.41, 5.74) is 9.03. The summed E-state index contributed by atoms with van der Waals surface area (Å²) in [6.07, 6.45) is 0.788. The third-order valence-electron chi connectivity index (χ3n) is 7.45. The lowest BCUT2D eigenvalue weighted by atomic mass is 9.99. The van der Waals surface area contributed by atoms with Gasteiger partial charge in [-0.1, -0.05) is 35.5 Å². The van der Waals surface area contributed by atoms with Crippen LogP contribution in [0, 0.1) is 11.6 Å². The molecule has 0 radical (unpaired) electrons. The number of fused-ring (bicyclic) bond motifs is 1. The molecule has 12 heteroatoms. The summed E-state index contributed by atoms with van der Waals surface area (Å²) in [5, 5.41) is 16.3. The van der Waals surface area contributed by atoms with Crippen LogP contribution in [-0.2, 0) is 22.9 Å². The zero-order valence-electron chi connectivity index (χ0n) is 23.9. The first-order valence-corrected chi connectivity index (χ1v) is 15.6. The second-order valence-corrected chi connectivity index (χ2v) is 12.3. The number of nitrogens with two attached hydrogens (primary N) is 1. The van der Waals surface area contributed by atoms with E-state index in [0.717, 1.165) is 23.0 Å². The van der Waals surface area contributed by atoms with Crippen LogP contribution in [-0.4, -0.2) is 41.7 Å². The van der Waals surface area contributed by atoms with Gasteiger partial charge in [0.1, 0.15) is 0 Å². The van der Waals surface area contributed by atoms with Gasteiger partial charge in [-0.15, -0.1) is 0 Å². The lowest BCUT2D eigenvalue weighted by molar-refractivity contribution is 0.178. The minimum absolute atomic E-state index is 0.00386. The Morgan fingerprint density at radius 1 is 0.956 bits per heavy atom. The van der Waals surface area contributed by atoms with E-state index in [0.29, 0.717) is 27.9 Å². The highest BCUT2D eigenvalue weighted by Crippen LogP contribution is 2.32. The Labute approximate surface area is 258 Å². The number of nitrogens with zero attached hydrogens (tertiary/aromatic N) is 3. The van der Waals surface area contributed by atoms with Crippen molar-refractivity contribution in [1.29, 1.82) is 0 Å². The highest BCUT2D eigenvalue weighted by molar-refractivity contribution is 7.92. The van der Waals surface area contributed by atoms with Crippen molar-refractivity contribution in [3.8, 4) is 11.4 Å². The Hall–Kier alpha value is -4.91. The molecule has 1 atom stereocenters. The van der Waals surface area contributed by atoms with Crippen molar-refractivity contribution in [3.05, 3.63) is 131 Å². The standard InChI is InChI=1S/C33H29F2N5O4S/c34-27-9-6-21(16-28(27)35)17-32-38-33(39-44-32)24-8-11-31(45(42,43)40(15-13-36)26-4-2-1-3-5-26)25(19-24)20-30(41)23-7-10-29-22(18-23)12-14-37-29/h1-12,14,16,18-19,30,37,41H,13,15,17,20,36H2. The SMILES string of the molecule is NCCN(c1ccccc1)S(=O)(=O)c1ccc(-c2noc(Cc3ccc(F)c(F)c3)n2)cc1CC(O)c1ccc2[nH]ccc2c1. The summed E-state index contributed by atoms with van der Waals surface area (Å²) in [7, 11) is -4.14. The van der Waals surface area contributed by atoms with Crippen molar-refractivity contribution in [2.45, 2.75) is 23.8 Å². The fraction of sp³-hybridized carbons (Fsp3) is 0.152. The molecular weight excluding hydrogens is 600 g/mol. The number of rotatable bonds is 11. The molecule has 6 rings (SSSR count). The van der Waals surface area contributed by atoms with E-state index in [2.05, 4.69) is 15.1 Å². The number of hydrogen-bond donors (Lipinski definition) is 3. The normalized spacial score (nSPS) is 12.4. The van der Waals surface area contributed by atoms with Crippen LogP contribution in [0.25, 0.3) is 22.3 Å². The average molecular weight is 630 g/mol. The van der Waals surface area contributed by atoms with Gasteiger partial charge in [-0.2, -0.15) is 4.98 Å². The average Bonchev–Trinajstić information content (AvgIpc) is 3.71. The van der Waals surface area contributed by atoms with Gasteiger partial charge in [-0.3, -0.25) is 4.31 Å². The summed E-state index contributed by atoms with van der Waals surface area (Å²) >= 11 is 0. The van der Waals surface area contributed by atoms with Gasteiger partial charge in [0, 0.05) is 36.8 Å². The number of aromatic nitrogens is 3. The number of aromatic amines is 1. The van der Waals surface area contributed by atoms with Crippen molar-refractivity contribution >= 4 is 26.6 Å². The molecular formula is C33H29F2N5O4S. The van der Waals surface area contributed by atoms with E-state index in [9.17, 15) is 22.3 Å². The second kappa shape index (κ2) is 12.6. The highest BCUT2D eigenvalue weighted by Gasteiger charge is 2.29. The molecule has 0 saturated heterocycles. The molecule has 230 valence electrons. The van der Waals surface area contributed by atoms with Crippen molar-refractivity contribution in [1.82, 2.24) is 15.1 Å². The number of aliphatic hydroxyl groups excluding tert-OH is 1. The summed E-state index contributed by atoms with van der Waals surface area (Å²) in [6.45, 7) is 0.128. The van der Waals surface area contributed by atoms with Crippen LogP contribution in [0.15, 0.2) is 107 Å². The summed E-state index contributed by atoms with van der Waals surface area (Å²) in [6, 6.07) is 24.2. The molecule has 0 aliphatic heterocycles. The number of benzene rings is 4. The Kier molecular flexibility index (Phi) is 8.44. The first kappa shape index (κ1) is 30.1. The first-order valence-electron chi connectivity index (χ1n) is 14.2. The van der Waals surface area contributed by atoms with Crippen molar-refractivity contribution in [2.75, 3.05) is 17.4 Å². The van der Waals surface area contributed by atoms with E-state index in [1.54, 1.807) is 54.7 Å². The van der Waals surface area contributed by atoms with E-state index >= 15 is 0 Å². The molecule has 2 aromatic heterocycles. The van der Waals surface area contributed by atoms with Crippen molar-refractivity contribution in [2.24, 2.45) is 5.73 Å². The molecule has 6 aromatic rings. The number of aliphatic hydroxyl groups is 1. The second-order valence-electron chi connectivity index (χ2n) is 10.5. The van der Waals surface area contributed by atoms with E-state index in [-0.39, 0.29) is 42.5 Å². The van der Waals surface area contributed by atoms with Gasteiger partial charge < -0.3 is 20.3 Å². The number of H-pyrrole nitrogens is 1. The molecule has 0 fully saturated rings. The lowest BCUT2D eigenvalue weighted by Gasteiger charge is -2.26. The van der Waals surface area contributed by atoms with Crippen LogP contribution in [0.4, 0.5) is 14.5 Å². The maximum Gasteiger partial charge on any atom is 0.264 e. The van der Waals surface area contributed by atoms with Crippen molar-refractivity contribution in [3.63, 3.8) is 0 Å². The maximum absolute atomic E-state index is 14.2. The first-order chi connectivity index (χ1) is 21.7. The number of nitrogens with one attached hydrogen (secondary N) is 1. The van der Waals surface area contributed by atoms with E-state index in [1.165, 1.54) is 16.4 Å². The number of hydrogen-bond acceptors (Lipinski definition) is 7. The molecule has 0 bridgehead atoms. The highest BCUT2D eigenvalue weighted by atomic mass is 32.2. The maximum atomic E-state index is 14.2. The molecule has 0 amide bonds. The number of sulfonamides is 1. The molecule has 45 heavy (non-hydrogen) atoms. The zero-order chi connectivity index (χ0) is 31.6. The number of anilines is 1. The van der Waals surface area contributed by atoms with Crippen LogP contribution in [0.1, 0.15) is 28.7 Å². The predicted octanol–water partition coefficient (Wildman–Crippen LogP) is 5.52. The van der Waals surface area contributed by atoms with E-state index in [1.807, 2.05) is 18.2 Å². The van der Waals surface area contributed by atoms with Crippen LogP contribution in [0.5, 0.6) is 0 Å². The van der Waals surface area contributed by atoms with Gasteiger partial charge in [0.05, 0.1) is 23.1 Å². The number of para-hydroxylation sites is 1. The van der Waals surface area contributed by atoms with Gasteiger partial charge in [0.2, 0.25) is 11.7 Å². The lowest BCUT2D eigenvalue weighted by Crippen LogP contribution is -2.36. The summed E-state index contributed by atoms with van der Waals surface area (Å²) in [4.78, 5) is 7.52. The van der Waals surface area contributed by atoms with Crippen LogP contribution in [0.3, 0.4) is 0 Å². The molecule has 4 aromatic carbocycles. The Morgan fingerprint density at radius 3 is 2.56 bits per heavy atom. The largest absolute Gasteiger partial charge is 0.388 e. The molecule has 0 spiro atoms. The molecule has 1 unspecified atom stereocenters. The minimum atomic E-state index is -4.14. The fourth-order valence-electron chi connectivity index (χ4n) is 5.22. The zero-order valence-corrected chi connectivity index (χ0v) is 24.7. The third kappa shape index (κ3) is 6.34. The predicted molar refractivity (Wildman–Crippen MR) is 166 cm³/mol. The van der Waals surface area contributed by atoms with Crippen LogP contribution >= 0.6 is 0 Å². The van der Waals surface area contributed by atoms with Crippen LogP contribution in [0.2, 0.25) is 0 Å². The van der Waals surface area contributed by atoms with E-state index in [4.69, 9.17) is 10.3 Å². The molecule has 4 N–H and O–H groups in total. The van der Waals surface area contributed by atoms with Gasteiger partial charge in [-0.05, 0) is 82.7 Å². The van der Waals surface area contributed by atoms with Gasteiger partial charge in [-0.25, -0.2) is 17.2 Å². The van der Waals surface area contributed by atoms with E-state index < -0.39 is 27.8 Å². The Bertz CT molecular complexity index is 2060. The van der Waals surface area contributed by atoms with Gasteiger partial charge >= 0.3 is 0 Å². The Morgan fingerprint density at radius 2 is 1.78 bits per heavy atom. The third-order valence-corrected chi connectivity index (χ3v) is 9.37. The Balaban J connectivity index is 1.38. The summed E-state index contributed by atoms with van der Waals surface area (Å²) < 4.78 is 62.1. The molecule has 0 saturated carbocycles. The molecule has 0 aliphatic rings. The van der Waals surface area contributed by atoms with Gasteiger partial charge in [0.25, 0.3) is 10.0 Å². The van der Waals surface area contributed by atoms with Gasteiger partial charge in [0.15, 0.2) is 11.6 Å². The van der Waals surface area contributed by atoms with Crippen LogP contribution < -0.4 is 10.0 Å². The smallest absolute Gasteiger partial charge is 0.264 e. The monoisotopic (exact) mass is 629 g/mol. The quantitative estimate of drug-likeness (QED) is 0.172. The topological polar surface area (TPSA) is 138 Å². The minimum Gasteiger partial charge on any atom is -0.388 e. The molecule has 9 nitrogen and oxygen atoms in total. The molecule has 2 heterocycles. The number of halogens is 2.